The molecule has 2 heterocycles. The molecule has 0 spiro atoms. The van der Waals surface area contributed by atoms with E-state index in [1.165, 1.54) is 18.2 Å². The Morgan fingerprint density at radius 2 is 1.52 bits per heavy atom. The first-order chi connectivity index (χ1) is 15.5. The highest BCUT2D eigenvalue weighted by Crippen LogP contribution is 2.45. The van der Waals surface area contributed by atoms with Gasteiger partial charge in [-0.1, -0.05) is 30.3 Å². The van der Waals surface area contributed by atoms with E-state index in [0.29, 0.717) is 7.11 Å². The van der Waals surface area contributed by atoms with Crippen molar-refractivity contribution < 1.29 is 51.3 Å². The standard InChI is InChI=1S/C21H22F3NO8/c1-11(26)32-16-14-9-13(27)10-15(25(14)19(29)30-2)17(16)33-18(28)20(31-3,21(22,23)24)12-7-5-4-6-8-12/h4-8,14-17H,9-10H2,1-3H3/t14-,15+,16-,17+,20-/m1/s1. The number of nitrogens with zero attached hydrogens (tertiary/aromatic N) is 1. The number of methoxy groups -OCH3 is 2. The van der Waals surface area contributed by atoms with Gasteiger partial charge in [-0.05, 0) is 0 Å². The molecule has 2 aliphatic heterocycles. The second kappa shape index (κ2) is 9.00. The van der Waals surface area contributed by atoms with Crippen molar-refractivity contribution in [1.29, 1.82) is 0 Å². The fourth-order valence-corrected chi connectivity index (χ4v) is 4.43. The Morgan fingerprint density at radius 1 is 0.970 bits per heavy atom. The van der Waals surface area contributed by atoms with Crippen LogP contribution in [0.4, 0.5) is 18.0 Å². The quantitative estimate of drug-likeness (QED) is 0.473. The van der Waals surface area contributed by atoms with Crippen LogP contribution in [-0.4, -0.2) is 73.4 Å². The number of hydrogen-bond acceptors (Lipinski definition) is 8. The highest BCUT2D eigenvalue weighted by atomic mass is 19.4. The van der Waals surface area contributed by atoms with E-state index in [1.54, 1.807) is 0 Å². The topological polar surface area (TPSA) is 108 Å². The fraction of sp³-hybridized carbons (Fsp3) is 0.524. The van der Waals surface area contributed by atoms with Gasteiger partial charge >= 0.3 is 24.2 Å². The molecule has 0 aliphatic carbocycles. The van der Waals surface area contributed by atoms with Crippen LogP contribution in [0.1, 0.15) is 25.3 Å². The summed E-state index contributed by atoms with van der Waals surface area (Å²) in [6.45, 7) is 1.05. The van der Waals surface area contributed by atoms with Crippen LogP contribution in [0.5, 0.6) is 0 Å². The van der Waals surface area contributed by atoms with Crippen molar-refractivity contribution in [2.45, 2.75) is 55.8 Å². The molecule has 1 amide bonds. The van der Waals surface area contributed by atoms with Crippen LogP contribution in [0.25, 0.3) is 0 Å². The molecule has 2 fully saturated rings. The number of carbonyl (C=O) groups excluding carboxylic acids is 4. The molecule has 1 aromatic rings. The van der Waals surface area contributed by atoms with Gasteiger partial charge in [-0.25, -0.2) is 9.59 Å². The number of ketones is 1. The summed E-state index contributed by atoms with van der Waals surface area (Å²) < 4.78 is 62.6. The van der Waals surface area contributed by atoms with E-state index in [9.17, 15) is 32.3 Å². The summed E-state index contributed by atoms with van der Waals surface area (Å²) in [6.07, 6.45) is -9.63. The number of fused-ring (bicyclic) bond motifs is 2. The van der Waals surface area contributed by atoms with E-state index in [2.05, 4.69) is 0 Å². The van der Waals surface area contributed by atoms with Crippen LogP contribution in [0.3, 0.4) is 0 Å². The van der Waals surface area contributed by atoms with Gasteiger partial charge in [0.15, 0.2) is 12.2 Å². The third-order valence-electron chi connectivity index (χ3n) is 5.77. The molecule has 5 atom stereocenters. The molecule has 180 valence electrons. The molecule has 0 radical (unpaired) electrons. The molecule has 1 aromatic carbocycles. The van der Waals surface area contributed by atoms with Crippen molar-refractivity contribution in [3.63, 3.8) is 0 Å². The number of halogens is 3. The number of hydrogen-bond donors (Lipinski definition) is 0. The molecule has 2 aliphatic rings. The third-order valence-corrected chi connectivity index (χ3v) is 5.77. The van der Waals surface area contributed by atoms with Gasteiger partial charge < -0.3 is 18.9 Å². The average Bonchev–Trinajstić information content (AvgIpc) is 2.92. The van der Waals surface area contributed by atoms with E-state index in [-0.39, 0.29) is 18.6 Å². The number of piperidine rings is 1. The Bertz CT molecular complexity index is 937. The van der Waals surface area contributed by atoms with Crippen molar-refractivity contribution >= 4 is 23.8 Å². The summed E-state index contributed by atoms with van der Waals surface area (Å²) in [6, 6.07) is 3.91. The minimum atomic E-state index is -5.23. The molecule has 2 bridgehead atoms. The van der Waals surface area contributed by atoms with Crippen LogP contribution in [0.2, 0.25) is 0 Å². The minimum Gasteiger partial charge on any atom is -0.456 e. The SMILES string of the molecule is COC(=O)N1[C@@H]2CC(=O)C[C@H]1[C@H](OC(=O)[C@](OC)(c1ccccc1)C(F)(F)F)[C@@H]2OC(C)=O. The molecule has 0 aromatic heterocycles. The number of esters is 2. The maximum Gasteiger partial charge on any atom is 0.432 e. The molecular weight excluding hydrogens is 451 g/mol. The van der Waals surface area contributed by atoms with E-state index in [1.807, 2.05) is 0 Å². The van der Waals surface area contributed by atoms with Crippen LogP contribution in [0, 0.1) is 0 Å². The normalized spacial score (nSPS) is 26.4. The summed E-state index contributed by atoms with van der Waals surface area (Å²) in [4.78, 5) is 50.4. The number of benzene rings is 1. The lowest BCUT2D eigenvalue weighted by Crippen LogP contribution is -2.54. The Balaban J connectivity index is 2.05. The lowest BCUT2D eigenvalue weighted by Gasteiger charge is -2.35. The van der Waals surface area contributed by atoms with E-state index < -0.39 is 59.7 Å². The molecule has 0 unspecified atom stereocenters. The zero-order chi connectivity index (χ0) is 24.6. The highest BCUT2D eigenvalue weighted by molar-refractivity contribution is 5.86. The van der Waals surface area contributed by atoms with E-state index in [0.717, 1.165) is 31.1 Å². The van der Waals surface area contributed by atoms with Crippen LogP contribution >= 0.6 is 0 Å². The van der Waals surface area contributed by atoms with Crippen molar-refractivity contribution in [2.24, 2.45) is 0 Å². The summed E-state index contributed by atoms with van der Waals surface area (Å²) >= 11 is 0. The average molecular weight is 473 g/mol. The van der Waals surface area contributed by atoms with Gasteiger partial charge in [-0.15, -0.1) is 0 Å². The monoisotopic (exact) mass is 473 g/mol. The summed E-state index contributed by atoms with van der Waals surface area (Å²) in [5.41, 5.74) is -4.03. The Kier molecular flexibility index (Phi) is 6.68. The van der Waals surface area contributed by atoms with Crippen molar-refractivity contribution in [2.75, 3.05) is 14.2 Å². The minimum absolute atomic E-state index is 0.245. The largest absolute Gasteiger partial charge is 0.456 e. The Labute approximate surface area is 186 Å². The molecule has 0 N–H and O–H groups in total. The molecular formula is C21H22F3NO8. The van der Waals surface area contributed by atoms with Gasteiger partial charge in [-0.3, -0.25) is 14.5 Å². The lowest BCUT2D eigenvalue weighted by molar-refractivity contribution is -0.279. The molecule has 3 rings (SSSR count). The molecule has 33 heavy (non-hydrogen) atoms. The van der Waals surface area contributed by atoms with E-state index >= 15 is 0 Å². The number of rotatable bonds is 5. The number of Topliss-reactive ketones (excluding diaryl/α,β-unsaturated/α-hetero) is 1. The number of alkyl halides is 3. The third kappa shape index (κ3) is 4.14. The van der Waals surface area contributed by atoms with Crippen LogP contribution < -0.4 is 0 Å². The number of carbonyl (C=O) groups is 4. The van der Waals surface area contributed by atoms with Gasteiger partial charge in [0.2, 0.25) is 0 Å². The van der Waals surface area contributed by atoms with Gasteiger partial charge in [0, 0.05) is 32.4 Å². The molecule has 9 nitrogen and oxygen atoms in total. The Morgan fingerprint density at radius 3 is 1.97 bits per heavy atom. The first kappa shape index (κ1) is 24.5. The van der Waals surface area contributed by atoms with Gasteiger partial charge in [0.25, 0.3) is 5.60 Å². The molecule has 12 heteroatoms. The van der Waals surface area contributed by atoms with Gasteiger partial charge in [0.05, 0.1) is 19.2 Å². The predicted octanol–water partition coefficient (Wildman–Crippen LogP) is 2.12. The van der Waals surface area contributed by atoms with E-state index in [4.69, 9.17) is 18.9 Å². The molecule has 0 saturated carbocycles. The van der Waals surface area contributed by atoms with Crippen LogP contribution in [0.15, 0.2) is 30.3 Å². The van der Waals surface area contributed by atoms with Gasteiger partial charge in [-0.2, -0.15) is 13.2 Å². The predicted molar refractivity (Wildman–Crippen MR) is 103 cm³/mol. The maximum absolute atomic E-state index is 14.2. The van der Waals surface area contributed by atoms with Crippen molar-refractivity contribution in [1.82, 2.24) is 4.90 Å². The summed E-state index contributed by atoms with van der Waals surface area (Å²) in [7, 11) is 1.79. The maximum atomic E-state index is 14.2. The first-order valence-corrected chi connectivity index (χ1v) is 9.91. The van der Waals surface area contributed by atoms with Crippen LogP contribution in [-0.2, 0) is 38.9 Å². The second-order valence-electron chi connectivity index (χ2n) is 7.65. The second-order valence-corrected chi connectivity index (χ2v) is 7.65. The van der Waals surface area contributed by atoms with Crippen molar-refractivity contribution in [3.05, 3.63) is 35.9 Å². The fourth-order valence-electron chi connectivity index (χ4n) is 4.43. The molecule has 2 saturated heterocycles. The first-order valence-electron chi connectivity index (χ1n) is 9.91. The Hall–Kier alpha value is -3.15. The number of amides is 1. The van der Waals surface area contributed by atoms with Crippen molar-refractivity contribution in [3.8, 4) is 0 Å². The lowest BCUT2D eigenvalue weighted by atomic mass is 9.92. The van der Waals surface area contributed by atoms with Gasteiger partial charge in [0.1, 0.15) is 5.78 Å². The summed E-state index contributed by atoms with van der Waals surface area (Å²) in [5, 5.41) is 0. The summed E-state index contributed by atoms with van der Waals surface area (Å²) in [5.74, 6) is -2.99. The zero-order valence-corrected chi connectivity index (χ0v) is 18.0. The zero-order valence-electron chi connectivity index (χ0n) is 18.0. The highest BCUT2D eigenvalue weighted by Gasteiger charge is 2.66. The smallest absolute Gasteiger partial charge is 0.432 e. The number of ether oxygens (including phenoxy) is 4.